The minimum absolute atomic E-state index is 0.0255. The van der Waals surface area contributed by atoms with Gasteiger partial charge in [0, 0.05) is 32.0 Å². The van der Waals surface area contributed by atoms with Gasteiger partial charge in [0.2, 0.25) is 0 Å². The summed E-state index contributed by atoms with van der Waals surface area (Å²) in [6.07, 6.45) is 1.82. The van der Waals surface area contributed by atoms with E-state index in [0.717, 1.165) is 12.1 Å². The molecule has 0 bridgehead atoms. The zero-order chi connectivity index (χ0) is 16.7. The SMILES string of the molecule is COCC(NCc1ccc(Cn2ccccc2=O)cc1)C(C)C. The Hall–Kier alpha value is -1.91. The van der Waals surface area contributed by atoms with Crippen LogP contribution in [0.3, 0.4) is 0 Å². The van der Waals surface area contributed by atoms with Crippen molar-refractivity contribution in [3.8, 4) is 0 Å². The van der Waals surface area contributed by atoms with Crippen LogP contribution in [0, 0.1) is 5.92 Å². The summed E-state index contributed by atoms with van der Waals surface area (Å²) in [5.41, 5.74) is 2.38. The Morgan fingerprint density at radius 3 is 2.39 bits per heavy atom. The zero-order valence-corrected chi connectivity index (χ0v) is 14.2. The van der Waals surface area contributed by atoms with Gasteiger partial charge in [-0.1, -0.05) is 44.2 Å². The van der Waals surface area contributed by atoms with Crippen molar-refractivity contribution in [2.24, 2.45) is 5.92 Å². The van der Waals surface area contributed by atoms with Crippen LogP contribution in [0.2, 0.25) is 0 Å². The lowest BCUT2D eigenvalue weighted by atomic mass is 10.0. The van der Waals surface area contributed by atoms with Crippen LogP contribution in [-0.2, 0) is 17.8 Å². The highest BCUT2D eigenvalue weighted by Crippen LogP contribution is 2.08. The zero-order valence-electron chi connectivity index (χ0n) is 14.2. The molecule has 0 amide bonds. The maximum atomic E-state index is 11.7. The third-order valence-electron chi connectivity index (χ3n) is 3.99. The van der Waals surface area contributed by atoms with Gasteiger partial charge in [-0.05, 0) is 23.1 Å². The summed E-state index contributed by atoms with van der Waals surface area (Å²) in [6.45, 7) is 6.52. The van der Waals surface area contributed by atoms with Crippen LogP contribution < -0.4 is 10.9 Å². The van der Waals surface area contributed by atoms with Crippen molar-refractivity contribution in [2.45, 2.75) is 33.0 Å². The molecule has 0 saturated carbocycles. The molecule has 124 valence electrons. The van der Waals surface area contributed by atoms with Gasteiger partial charge in [-0.3, -0.25) is 4.79 Å². The van der Waals surface area contributed by atoms with Gasteiger partial charge >= 0.3 is 0 Å². The normalized spacial score (nSPS) is 12.5. The number of benzene rings is 1. The van der Waals surface area contributed by atoms with E-state index in [0.29, 0.717) is 25.1 Å². The van der Waals surface area contributed by atoms with E-state index in [9.17, 15) is 4.79 Å². The molecule has 4 nitrogen and oxygen atoms in total. The molecule has 0 radical (unpaired) electrons. The number of ether oxygens (including phenoxy) is 1. The fraction of sp³-hybridized carbons (Fsp3) is 0.421. The van der Waals surface area contributed by atoms with Gasteiger partial charge in [-0.25, -0.2) is 0 Å². The molecule has 0 spiro atoms. The highest BCUT2D eigenvalue weighted by atomic mass is 16.5. The second-order valence-electron chi connectivity index (χ2n) is 6.17. The first-order valence-corrected chi connectivity index (χ1v) is 8.05. The average molecular weight is 314 g/mol. The Kier molecular flexibility index (Phi) is 6.56. The molecule has 1 N–H and O–H groups in total. The maximum Gasteiger partial charge on any atom is 0.250 e. The first-order valence-electron chi connectivity index (χ1n) is 8.05. The summed E-state index contributed by atoms with van der Waals surface area (Å²) in [6, 6.07) is 14.0. The third kappa shape index (κ3) is 5.34. The predicted molar refractivity (Wildman–Crippen MR) is 93.6 cm³/mol. The van der Waals surface area contributed by atoms with Crippen LogP contribution in [0.5, 0.6) is 0 Å². The highest BCUT2D eigenvalue weighted by molar-refractivity contribution is 5.23. The fourth-order valence-corrected chi connectivity index (χ4v) is 2.47. The first kappa shape index (κ1) is 17.4. The highest BCUT2D eigenvalue weighted by Gasteiger charge is 2.12. The Balaban J connectivity index is 1.94. The van der Waals surface area contributed by atoms with E-state index in [1.807, 2.05) is 12.3 Å². The van der Waals surface area contributed by atoms with Crippen LogP contribution in [0.4, 0.5) is 0 Å². The number of pyridine rings is 1. The number of hydrogen-bond acceptors (Lipinski definition) is 3. The molecule has 0 saturated heterocycles. The second kappa shape index (κ2) is 8.65. The number of rotatable bonds is 8. The molecule has 1 atom stereocenters. The number of aromatic nitrogens is 1. The molecule has 23 heavy (non-hydrogen) atoms. The second-order valence-corrected chi connectivity index (χ2v) is 6.17. The lowest BCUT2D eigenvalue weighted by Crippen LogP contribution is -2.37. The summed E-state index contributed by atoms with van der Waals surface area (Å²) in [5, 5.41) is 3.53. The summed E-state index contributed by atoms with van der Waals surface area (Å²) in [7, 11) is 1.73. The number of nitrogens with zero attached hydrogens (tertiary/aromatic N) is 1. The minimum atomic E-state index is 0.0255. The molecule has 2 aromatic rings. The molecule has 0 aliphatic carbocycles. The summed E-state index contributed by atoms with van der Waals surface area (Å²) in [5.74, 6) is 0.527. The van der Waals surface area contributed by atoms with Gasteiger partial charge in [-0.2, -0.15) is 0 Å². The molecular weight excluding hydrogens is 288 g/mol. The molecule has 2 rings (SSSR count). The van der Waals surface area contributed by atoms with Crippen molar-refractivity contribution >= 4 is 0 Å². The van der Waals surface area contributed by atoms with Crippen LogP contribution >= 0.6 is 0 Å². The first-order chi connectivity index (χ1) is 11.1. The Morgan fingerprint density at radius 1 is 1.09 bits per heavy atom. The Bertz CT molecular complexity index is 647. The molecule has 0 fully saturated rings. The standard InChI is InChI=1S/C19H26N2O2/c1-15(2)18(14-23-3)20-12-16-7-9-17(10-8-16)13-21-11-5-4-6-19(21)22/h4-11,15,18,20H,12-14H2,1-3H3. The Morgan fingerprint density at radius 2 is 1.78 bits per heavy atom. The maximum absolute atomic E-state index is 11.7. The minimum Gasteiger partial charge on any atom is -0.383 e. The van der Waals surface area contributed by atoms with Gasteiger partial charge in [-0.15, -0.1) is 0 Å². The van der Waals surface area contributed by atoms with E-state index in [-0.39, 0.29) is 5.56 Å². The number of hydrogen-bond donors (Lipinski definition) is 1. The van der Waals surface area contributed by atoms with Crippen LogP contribution in [0.25, 0.3) is 0 Å². The quantitative estimate of drug-likeness (QED) is 0.814. The molecule has 0 aliphatic heterocycles. The van der Waals surface area contributed by atoms with Crippen molar-refractivity contribution in [3.05, 3.63) is 70.1 Å². The van der Waals surface area contributed by atoms with Gasteiger partial charge < -0.3 is 14.6 Å². The summed E-state index contributed by atoms with van der Waals surface area (Å²) >= 11 is 0. The molecule has 4 heteroatoms. The topological polar surface area (TPSA) is 43.3 Å². The van der Waals surface area contributed by atoms with E-state index < -0.39 is 0 Å². The van der Waals surface area contributed by atoms with E-state index in [2.05, 4.69) is 43.4 Å². The lowest BCUT2D eigenvalue weighted by Gasteiger charge is -2.21. The van der Waals surface area contributed by atoms with Gasteiger partial charge in [0.1, 0.15) is 0 Å². The third-order valence-corrected chi connectivity index (χ3v) is 3.99. The largest absolute Gasteiger partial charge is 0.383 e. The van der Waals surface area contributed by atoms with Crippen LogP contribution in [-0.4, -0.2) is 24.3 Å². The van der Waals surface area contributed by atoms with E-state index in [1.165, 1.54) is 5.56 Å². The lowest BCUT2D eigenvalue weighted by molar-refractivity contribution is 0.146. The molecule has 0 aliphatic rings. The van der Waals surface area contributed by atoms with Gasteiger partial charge in [0.25, 0.3) is 5.56 Å². The summed E-state index contributed by atoms with van der Waals surface area (Å²) in [4.78, 5) is 11.7. The number of methoxy groups -OCH3 is 1. The molecule has 1 unspecified atom stereocenters. The molecular formula is C19H26N2O2. The van der Waals surface area contributed by atoms with Crippen molar-refractivity contribution in [1.82, 2.24) is 9.88 Å². The van der Waals surface area contributed by atoms with Crippen molar-refractivity contribution in [1.29, 1.82) is 0 Å². The molecule has 1 heterocycles. The fourth-order valence-electron chi connectivity index (χ4n) is 2.47. The average Bonchev–Trinajstić information content (AvgIpc) is 2.54. The predicted octanol–water partition coefficient (Wildman–Crippen LogP) is 2.66. The summed E-state index contributed by atoms with van der Waals surface area (Å²) < 4.78 is 6.96. The monoisotopic (exact) mass is 314 g/mol. The molecule has 1 aromatic carbocycles. The van der Waals surface area contributed by atoms with E-state index >= 15 is 0 Å². The van der Waals surface area contributed by atoms with Gasteiger partial charge in [0.05, 0.1) is 13.2 Å². The number of nitrogens with one attached hydrogen (secondary N) is 1. The van der Waals surface area contributed by atoms with E-state index in [1.54, 1.807) is 23.8 Å². The smallest absolute Gasteiger partial charge is 0.250 e. The van der Waals surface area contributed by atoms with Crippen molar-refractivity contribution < 1.29 is 4.74 Å². The van der Waals surface area contributed by atoms with Crippen LogP contribution in [0.15, 0.2) is 53.5 Å². The van der Waals surface area contributed by atoms with Crippen LogP contribution in [0.1, 0.15) is 25.0 Å². The van der Waals surface area contributed by atoms with Gasteiger partial charge in [0.15, 0.2) is 0 Å². The Labute approximate surface area is 138 Å². The van der Waals surface area contributed by atoms with Crippen molar-refractivity contribution in [2.75, 3.05) is 13.7 Å². The van der Waals surface area contributed by atoms with Crippen molar-refractivity contribution in [3.63, 3.8) is 0 Å². The van der Waals surface area contributed by atoms with E-state index in [4.69, 9.17) is 4.74 Å². The molecule has 1 aromatic heterocycles.